The third-order valence-electron chi connectivity index (χ3n) is 4.67. The van der Waals surface area contributed by atoms with E-state index in [1.54, 1.807) is 0 Å². The minimum absolute atomic E-state index is 0.0233. The van der Waals surface area contributed by atoms with Crippen molar-refractivity contribution in [3.05, 3.63) is 0 Å². The molecule has 2 aliphatic rings. The SMILES string of the molecule is CC1(C(=O)NCC(C)(C)N2CCOCC2)CCCCN1. The van der Waals surface area contributed by atoms with Crippen LogP contribution in [0.4, 0.5) is 0 Å². The predicted octanol–water partition coefficient (Wildman–Crippen LogP) is 0.746. The van der Waals surface area contributed by atoms with E-state index in [9.17, 15) is 4.79 Å². The van der Waals surface area contributed by atoms with Gasteiger partial charge in [0.1, 0.15) is 0 Å². The Kier molecular flexibility index (Phi) is 5.04. The second-order valence-corrected chi connectivity index (χ2v) is 6.81. The van der Waals surface area contributed by atoms with E-state index in [0.29, 0.717) is 6.54 Å². The molecular weight excluding hydrogens is 254 g/mol. The van der Waals surface area contributed by atoms with Crippen molar-refractivity contribution in [2.45, 2.75) is 51.1 Å². The first-order chi connectivity index (χ1) is 9.44. The quantitative estimate of drug-likeness (QED) is 0.799. The fourth-order valence-electron chi connectivity index (χ4n) is 3.02. The smallest absolute Gasteiger partial charge is 0.240 e. The van der Waals surface area contributed by atoms with Crippen molar-refractivity contribution >= 4 is 5.91 Å². The third-order valence-corrected chi connectivity index (χ3v) is 4.67. The first kappa shape index (κ1) is 15.7. The van der Waals surface area contributed by atoms with E-state index in [4.69, 9.17) is 4.74 Å². The van der Waals surface area contributed by atoms with Crippen molar-refractivity contribution in [1.29, 1.82) is 0 Å². The first-order valence-corrected chi connectivity index (χ1v) is 7.80. The van der Waals surface area contributed by atoms with Crippen LogP contribution in [0, 0.1) is 0 Å². The molecule has 116 valence electrons. The average molecular weight is 283 g/mol. The summed E-state index contributed by atoms with van der Waals surface area (Å²) >= 11 is 0. The maximum Gasteiger partial charge on any atom is 0.240 e. The van der Waals surface area contributed by atoms with Gasteiger partial charge in [0.2, 0.25) is 5.91 Å². The van der Waals surface area contributed by atoms with E-state index in [-0.39, 0.29) is 17.0 Å². The summed E-state index contributed by atoms with van der Waals surface area (Å²) in [5, 5.41) is 6.51. The number of morpholine rings is 1. The Morgan fingerprint density at radius 2 is 2.05 bits per heavy atom. The lowest BCUT2D eigenvalue weighted by atomic mass is 9.89. The minimum atomic E-state index is -0.390. The molecule has 2 aliphatic heterocycles. The number of amides is 1. The summed E-state index contributed by atoms with van der Waals surface area (Å²) in [6, 6.07) is 0. The van der Waals surface area contributed by atoms with Crippen LogP contribution in [-0.4, -0.2) is 61.3 Å². The molecule has 2 rings (SSSR count). The van der Waals surface area contributed by atoms with Gasteiger partial charge < -0.3 is 15.4 Å². The lowest BCUT2D eigenvalue weighted by Gasteiger charge is -2.42. The van der Waals surface area contributed by atoms with Crippen LogP contribution in [-0.2, 0) is 9.53 Å². The lowest BCUT2D eigenvalue weighted by molar-refractivity contribution is -0.128. The molecule has 5 nitrogen and oxygen atoms in total. The standard InChI is InChI=1S/C15H29N3O2/c1-14(2,18-8-10-20-11-9-18)12-16-13(19)15(3)6-4-5-7-17-15/h17H,4-12H2,1-3H3,(H,16,19). The molecule has 0 saturated carbocycles. The van der Waals surface area contributed by atoms with Crippen molar-refractivity contribution in [2.24, 2.45) is 0 Å². The molecule has 2 heterocycles. The Bertz CT molecular complexity index is 332. The Balaban J connectivity index is 1.85. The molecule has 1 unspecified atom stereocenters. The Hall–Kier alpha value is -0.650. The van der Waals surface area contributed by atoms with Crippen LogP contribution in [0.15, 0.2) is 0 Å². The van der Waals surface area contributed by atoms with Gasteiger partial charge in [-0.15, -0.1) is 0 Å². The Labute approximate surface area is 122 Å². The van der Waals surface area contributed by atoms with Crippen molar-refractivity contribution in [3.63, 3.8) is 0 Å². The van der Waals surface area contributed by atoms with Gasteiger partial charge in [0.15, 0.2) is 0 Å². The normalized spacial score (nSPS) is 29.1. The van der Waals surface area contributed by atoms with Gasteiger partial charge in [-0.1, -0.05) is 0 Å². The lowest BCUT2D eigenvalue weighted by Crippen LogP contribution is -2.61. The van der Waals surface area contributed by atoms with E-state index in [1.807, 2.05) is 6.92 Å². The highest BCUT2D eigenvalue weighted by Gasteiger charge is 2.36. The van der Waals surface area contributed by atoms with Gasteiger partial charge in [-0.05, 0) is 46.6 Å². The van der Waals surface area contributed by atoms with E-state index >= 15 is 0 Å². The average Bonchev–Trinajstić information content (AvgIpc) is 2.46. The van der Waals surface area contributed by atoms with Crippen molar-refractivity contribution < 1.29 is 9.53 Å². The van der Waals surface area contributed by atoms with Crippen LogP contribution in [0.3, 0.4) is 0 Å². The molecule has 0 spiro atoms. The van der Waals surface area contributed by atoms with Crippen LogP contribution in [0.1, 0.15) is 40.0 Å². The summed E-state index contributed by atoms with van der Waals surface area (Å²) in [5.74, 6) is 0.138. The minimum Gasteiger partial charge on any atom is -0.379 e. The van der Waals surface area contributed by atoms with Crippen LogP contribution < -0.4 is 10.6 Å². The topological polar surface area (TPSA) is 53.6 Å². The zero-order valence-corrected chi connectivity index (χ0v) is 13.1. The van der Waals surface area contributed by atoms with Gasteiger partial charge in [0.05, 0.1) is 18.8 Å². The van der Waals surface area contributed by atoms with Crippen molar-refractivity contribution in [2.75, 3.05) is 39.4 Å². The van der Waals surface area contributed by atoms with E-state index in [2.05, 4.69) is 29.4 Å². The van der Waals surface area contributed by atoms with Gasteiger partial charge in [-0.2, -0.15) is 0 Å². The number of piperidine rings is 1. The molecule has 0 aromatic rings. The summed E-state index contributed by atoms with van der Waals surface area (Å²) in [4.78, 5) is 14.8. The fourth-order valence-corrected chi connectivity index (χ4v) is 3.02. The molecule has 1 atom stereocenters. The summed E-state index contributed by atoms with van der Waals surface area (Å²) < 4.78 is 5.39. The highest BCUT2D eigenvalue weighted by atomic mass is 16.5. The summed E-state index contributed by atoms with van der Waals surface area (Å²) in [7, 11) is 0. The van der Waals surface area contributed by atoms with E-state index in [0.717, 1.165) is 45.7 Å². The molecular formula is C15H29N3O2. The molecule has 20 heavy (non-hydrogen) atoms. The van der Waals surface area contributed by atoms with Crippen LogP contribution >= 0.6 is 0 Å². The molecule has 0 aromatic heterocycles. The maximum atomic E-state index is 12.4. The van der Waals surface area contributed by atoms with E-state index < -0.39 is 0 Å². The number of nitrogens with zero attached hydrogens (tertiary/aromatic N) is 1. The molecule has 0 aliphatic carbocycles. The highest BCUT2D eigenvalue weighted by molar-refractivity contribution is 5.86. The zero-order chi connectivity index (χ0) is 14.6. The summed E-state index contributed by atoms with van der Waals surface area (Å²) in [6.45, 7) is 11.5. The number of carbonyl (C=O) groups is 1. The fraction of sp³-hybridized carbons (Fsp3) is 0.933. The van der Waals surface area contributed by atoms with Gasteiger partial charge in [0, 0.05) is 25.2 Å². The number of hydrogen-bond donors (Lipinski definition) is 2. The van der Waals surface area contributed by atoms with Gasteiger partial charge in [-0.25, -0.2) is 0 Å². The second-order valence-electron chi connectivity index (χ2n) is 6.81. The molecule has 2 fully saturated rings. The summed E-state index contributed by atoms with van der Waals surface area (Å²) in [5.41, 5.74) is -0.413. The Morgan fingerprint density at radius 3 is 2.65 bits per heavy atom. The summed E-state index contributed by atoms with van der Waals surface area (Å²) in [6.07, 6.45) is 3.22. The number of rotatable bonds is 4. The molecule has 0 radical (unpaired) electrons. The van der Waals surface area contributed by atoms with Gasteiger partial charge in [-0.3, -0.25) is 9.69 Å². The first-order valence-electron chi connectivity index (χ1n) is 7.80. The predicted molar refractivity (Wildman–Crippen MR) is 79.7 cm³/mol. The van der Waals surface area contributed by atoms with Crippen LogP contribution in [0.2, 0.25) is 0 Å². The number of ether oxygens (including phenoxy) is 1. The molecule has 2 saturated heterocycles. The molecule has 1 amide bonds. The number of hydrogen-bond acceptors (Lipinski definition) is 4. The van der Waals surface area contributed by atoms with Crippen molar-refractivity contribution in [1.82, 2.24) is 15.5 Å². The molecule has 0 aromatic carbocycles. The van der Waals surface area contributed by atoms with Crippen molar-refractivity contribution in [3.8, 4) is 0 Å². The largest absolute Gasteiger partial charge is 0.379 e. The number of carbonyl (C=O) groups excluding carboxylic acids is 1. The zero-order valence-electron chi connectivity index (χ0n) is 13.1. The Morgan fingerprint density at radius 1 is 1.35 bits per heavy atom. The third kappa shape index (κ3) is 3.71. The second kappa shape index (κ2) is 6.41. The molecule has 0 bridgehead atoms. The monoisotopic (exact) mass is 283 g/mol. The molecule has 5 heteroatoms. The highest BCUT2D eigenvalue weighted by Crippen LogP contribution is 2.20. The maximum absolute atomic E-state index is 12.4. The van der Waals surface area contributed by atoms with Crippen LogP contribution in [0.5, 0.6) is 0 Å². The number of nitrogens with one attached hydrogen (secondary N) is 2. The van der Waals surface area contributed by atoms with E-state index in [1.165, 1.54) is 6.42 Å². The van der Waals surface area contributed by atoms with Crippen LogP contribution in [0.25, 0.3) is 0 Å². The van der Waals surface area contributed by atoms with Gasteiger partial charge in [0.25, 0.3) is 0 Å². The molecule has 2 N–H and O–H groups in total. The van der Waals surface area contributed by atoms with Gasteiger partial charge >= 0.3 is 0 Å².